The Labute approximate surface area is 118 Å². The predicted octanol–water partition coefficient (Wildman–Crippen LogP) is 2.25. The minimum Gasteiger partial charge on any atom is -0.393 e. The molecule has 112 valence electrons. The molecule has 1 aliphatic carbocycles. The van der Waals surface area contributed by atoms with Crippen LogP contribution in [0.4, 0.5) is 0 Å². The number of aliphatic hydroxyl groups is 1. The molecule has 1 saturated carbocycles. The largest absolute Gasteiger partial charge is 0.393 e. The third kappa shape index (κ3) is 4.17. The van der Waals surface area contributed by atoms with Crippen molar-refractivity contribution in [2.45, 2.75) is 58.0 Å². The molecule has 0 amide bonds. The van der Waals surface area contributed by atoms with Crippen molar-refractivity contribution < 1.29 is 5.11 Å². The first kappa shape index (κ1) is 15.3. The van der Waals surface area contributed by atoms with Gasteiger partial charge in [-0.3, -0.25) is 0 Å². The number of hydrogen-bond acceptors (Lipinski definition) is 3. The summed E-state index contributed by atoms with van der Waals surface area (Å²) in [5.41, 5.74) is 0.485. The van der Waals surface area contributed by atoms with E-state index >= 15 is 0 Å². The van der Waals surface area contributed by atoms with Gasteiger partial charge < -0.3 is 15.3 Å². The second kappa shape index (κ2) is 7.05. The number of nitrogens with zero attached hydrogens (tertiary/aromatic N) is 1. The second-order valence-electron chi connectivity index (χ2n) is 6.97. The third-order valence-corrected chi connectivity index (χ3v) is 5.27. The highest BCUT2D eigenvalue weighted by molar-refractivity contribution is 4.89. The van der Waals surface area contributed by atoms with Crippen LogP contribution in [-0.4, -0.2) is 49.3 Å². The normalized spacial score (nSPS) is 30.2. The zero-order chi connectivity index (χ0) is 13.7. The van der Waals surface area contributed by atoms with Gasteiger partial charge in [0.15, 0.2) is 0 Å². The number of aliphatic hydroxyl groups excluding tert-OH is 1. The lowest BCUT2D eigenvalue weighted by molar-refractivity contribution is 0.111. The quantitative estimate of drug-likeness (QED) is 0.751. The van der Waals surface area contributed by atoms with E-state index in [0.29, 0.717) is 11.3 Å². The fourth-order valence-corrected chi connectivity index (χ4v) is 4.12. The zero-order valence-corrected chi connectivity index (χ0v) is 12.8. The molecule has 0 bridgehead atoms. The molecule has 2 fully saturated rings. The minimum atomic E-state index is -0.139. The molecule has 0 spiro atoms. The van der Waals surface area contributed by atoms with Gasteiger partial charge in [-0.05, 0) is 51.1 Å². The number of likely N-dealkylation sites (tertiary alicyclic amines) is 1. The lowest BCUT2D eigenvalue weighted by Gasteiger charge is -2.37. The first-order valence-corrected chi connectivity index (χ1v) is 8.20. The van der Waals surface area contributed by atoms with Gasteiger partial charge in [-0.15, -0.1) is 0 Å². The molecule has 1 aliphatic heterocycles. The second-order valence-corrected chi connectivity index (χ2v) is 6.97. The van der Waals surface area contributed by atoms with Crippen LogP contribution in [0.1, 0.15) is 51.9 Å². The molecule has 3 nitrogen and oxygen atoms in total. The summed E-state index contributed by atoms with van der Waals surface area (Å²) < 4.78 is 0. The topological polar surface area (TPSA) is 35.5 Å². The number of hydrogen-bond donors (Lipinski definition) is 2. The van der Waals surface area contributed by atoms with Gasteiger partial charge in [0.05, 0.1) is 6.10 Å². The van der Waals surface area contributed by atoms with Crippen molar-refractivity contribution in [1.82, 2.24) is 10.2 Å². The Morgan fingerprint density at radius 2 is 1.95 bits per heavy atom. The Kier molecular flexibility index (Phi) is 5.67. The van der Waals surface area contributed by atoms with E-state index in [9.17, 15) is 5.11 Å². The van der Waals surface area contributed by atoms with Crippen molar-refractivity contribution in [2.75, 3.05) is 33.2 Å². The van der Waals surface area contributed by atoms with Crippen molar-refractivity contribution in [1.29, 1.82) is 0 Å². The SMILES string of the molecule is CNCC1(CN2CCC(C(C)O)C2)CCCCCC1. The maximum atomic E-state index is 9.75. The highest BCUT2D eigenvalue weighted by Gasteiger charge is 2.35. The highest BCUT2D eigenvalue weighted by atomic mass is 16.3. The van der Waals surface area contributed by atoms with Crippen LogP contribution in [0.15, 0.2) is 0 Å². The van der Waals surface area contributed by atoms with E-state index in [2.05, 4.69) is 17.3 Å². The highest BCUT2D eigenvalue weighted by Crippen LogP contribution is 2.36. The summed E-state index contributed by atoms with van der Waals surface area (Å²) in [7, 11) is 2.09. The van der Waals surface area contributed by atoms with Crippen molar-refractivity contribution in [2.24, 2.45) is 11.3 Å². The fourth-order valence-electron chi connectivity index (χ4n) is 4.12. The summed E-state index contributed by atoms with van der Waals surface area (Å²) in [4.78, 5) is 2.61. The Morgan fingerprint density at radius 1 is 1.26 bits per heavy atom. The molecule has 1 heterocycles. The first-order chi connectivity index (χ1) is 9.15. The van der Waals surface area contributed by atoms with E-state index in [-0.39, 0.29) is 6.10 Å². The molecule has 0 aromatic carbocycles. The monoisotopic (exact) mass is 268 g/mol. The average molecular weight is 268 g/mol. The Balaban J connectivity index is 1.92. The van der Waals surface area contributed by atoms with Crippen molar-refractivity contribution in [3.8, 4) is 0 Å². The molecule has 2 atom stereocenters. The van der Waals surface area contributed by atoms with E-state index in [1.165, 1.54) is 58.0 Å². The molecular formula is C16H32N2O. The summed E-state index contributed by atoms with van der Waals surface area (Å²) in [6.45, 7) is 6.62. The number of nitrogens with one attached hydrogen (secondary N) is 1. The molecule has 2 N–H and O–H groups in total. The van der Waals surface area contributed by atoms with Crippen LogP contribution in [0, 0.1) is 11.3 Å². The van der Waals surface area contributed by atoms with Crippen LogP contribution >= 0.6 is 0 Å². The van der Waals surface area contributed by atoms with Gasteiger partial charge in [0.25, 0.3) is 0 Å². The predicted molar refractivity (Wildman–Crippen MR) is 80.3 cm³/mol. The molecule has 0 aromatic heterocycles. The fraction of sp³-hybridized carbons (Fsp3) is 1.00. The van der Waals surface area contributed by atoms with Gasteiger partial charge >= 0.3 is 0 Å². The van der Waals surface area contributed by atoms with Crippen LogP contribution in [0.2, 0.25) is 0 Å². The van der Waals surface area contributed by atoms with Gasteiger partial charge in [-0.25, -0.2) is 0 Å². The first-order valence-electron chi connectivity index (χ1n) is 8.20. The Bertz CT molecular complexity index is 259. The van der Waals surface area contributed by atoms with E-state index < -0.39 is 0 Å². The van der Waals surface area contributed by atoms with Crippen LogP contribution in [0.25, 0.3) is 0 Å². The van der Waals surface area contributed by atoms with Crippen LogP contribution in [0.3, 0.4) is 0 Å². The molecule has 1 saturated heterocycles. The van der Waals surface area contributed by atoms with E-state index in [1.807, 2.05) is 6.92 Å². The van der Waals surface area contributed by atoms with E-state index in [4.69, 9.17) is 0 Å². The Morgan fingerprint density at radius 3 is 2.47 bits per heavy atom. The molecule has 0 aromatic rings. The summed E-state index contributed by atoms with van der Waals surface area (Å²) in [5, 5.41) is 13.2. The molecule has 3 heteroatoms. The number of rotatable bonds is 5. The van der Waals surface area contributed by atoms with Crippen molar-refractivity contribution in [3.63, 3.8) is 0 Å². The van der Waals surface area contributed by atoms with Gasteiger partial charge in [-0.1, -0.05) is 25.7 Å². The minimum absolute atomic E-state index is 0.139. The maximum Gasteiger partial charge on any atom is 0.0552 e. The molecule has 0 radical (unpaired) electrons. The van der Waals surface area contributed by atoms with Gasteiger partial charge in [0.2, 0.25) is 0 Å². The van der Waals surface area contributed by atoms with Gasteiger partial charge in [0.1, 0.15) is 0 Å². The third-order valence-electron chi connectivity index (χ3n) is 5.27. The molecule has 2 aliphatic rings. The molecule has 2 rings (SSSR count). The lowest BCUT2D eigenvalue weighted by atomic mass is 9.79. The maximum absolute atomic E-state index is 9.75. The molecule has 19 heavy (non-hydrogen) atoms. The Hall–Kier alpha value is -0.120. The molecular weight excluding hydrogens is 236 g/mol. The summed E-state index contributed by atoms with van der Waals surface area (Å²) in [6, 6.07) is 0. The molecule has 2 unspecified atom stereocenters. The van der Waals surface area contributed by atoms with Crippen LogP contribution in [0.5, 0.6) is 0 Å². The van der Waals surface area contributed by atoms with Crippen molar-refractivity contribution in [3.05, 3.63) is 0 Å². The standard InChI is InChI=1S/C16H32N2O/c1-14(19)15-7-10-18(11-15)13-16(12-17-2)8-5-3-4-6-9-16/h14-15,17,19H,3-13H2,1-2H3. The van der Waals surface area contributed by atoms with Crippen molar-refractivity contribution >= 4 is 0 Å². The van der Waals surface area contributed by atoms with Gasteiger partial charge in [-0.2, -0.15) is 0 Å². The summed E-state index contributed by atoms with van der Waals surface area (Å²) in [6.07, 6.45) is 9.42. The van der Waals surface area contributed by atoms with Crippen LogP contribution < -0.4 is 5.32 Å². The summed E-state index contributed by atoms with van der Waals surface area (Å²) in [5.74, 6) is 0.498. The van der Waals surface area contributed by atoms with Crippen LogP contribution in [-0.2, 0) is 0 Å². The zero-order valence-electron chi connectivity index (χ0n) is 12.8. The summed E-state index contributed by atoms with van der Waals surface area (Å²) >= 11 is 0. The lowest BCUT2D eigenvalue weighted by Crippen LogP contribution is -2.43. The van der Waals surface area contributed by atoms with Gasteiger partial charge in [0, 0.05) is 19.6 Å². The van der Waals surface area contributed by atoms with E-state index in [0.717, 1.165) is 13.1 Å². The van der Waals surface area contributed by atoms with E-state index in [1.54, 1.807) is 0 Å². The smallest absolute Gasteiger partial charge is 0.0552 e. The average Bonchev–Trinajstić information content (AvgIpc) is 2.71.